The minimum absolute atomic E-state index is 0.101. The van der Waals surface area contributed by atoms with Crippen LogP contribution in [0, 0.1) is 5.92 Å². The van der Waals surface area contributed by atoms with Gasteiger partial charge in [-0.3, -0.25) is 9.59 Å². The Kier molecular flexibility index (Phi) is 5.62. The molecule has 0 spiro atoms. The van der Waals surface area contributed by atoms with Crippen LogP contribution in [0.4, 0.5) is 5.69 Å². The molecular formula is C18H20N2O6S. The maximum absolute atomic E-state index is 12.8. The highest BCUT2D eigenvalue weighted by molar-refractivity contribution is 7.89. The number of nitrogens with zero attached hydrogens (tertiary/aromatic N) is 1. The van der Waals surface area contributed by atoms with Gasteiger partial charge in [-0.05, 0) is 49.2 Å². The van der Waals surface area contributed by atoms with E-state index in [4.69, 9.17) is 9.15 Å². The number of amides is 1. The highest BCUT2D eigenvalue weighted by atomic mass is 32.2. The average Bonchev–Trinajstić information content (AvgIpc) is 3.23. The lowest BCUT2D eigenvalue weighted by molar-refractivity contribution is -0.146. The monoisotopic (exact) mass is 392 g/mol. The quantitative estimate of drug-likeness (QED) is 0.781. The molecule has 144 valence electrons. The number of methoxy groups -OCH3 is 1. The molecule has 0 saturated carbocycles. The van der Waals surface area contributed by atoms with Crippen LogP contribution in [0.2, 0.25) is 0 Å². The van der Waals surface area contributed by atoms with Gasteiger partial charge in [0.2, 0.25) is 10.0 Å². The first-order chi connectivity index (χ1) is 12.9. The van der Waals surface area contributed by atoms with Crippen LogP contribution in [0.5, 0.6) is 0 Å². The third-order valence-electron chi connectivity index (χ3n) is 4.41. The van der Waals surface area contributed by atoms with Gasteiger partial charge in [-0.2, -0.15) is 4.31 Å². The molecule has 2 heterocycles. The lowest BCUT2D eigenvalue weighted by Crippen LogP contribution is -2.42. The van der Waals surface area contributed by atoms with Gasteiger partial charge in [-0.1, -0.05) is 0 Å². The molecule has 1 aliphatic rings. The van der Waals surface area contributed by atoms with Crippen molar-refractivity contribution in [2.75, 3.05) is 25.5 Å². The molecule has 0 bridgehead atoms. The van der Waals surface area contributed by atoms with Gasteiger partial charge >= 0.3 is 5.97 Å². The summed E-state index contributed by atoms with van der Waals surface area (Å²) in [6.45, 7) is 0.457. The molecule has 1 saturated heterocycles. The summed E-state index contributed by atoms with van der Waals surface area (Å²) >= 11 is 0. The van der Waals surface area contributed by atoms with Crippen molar-refractivity contribution in [3.05, 3.63) is 48.4 Å². The highest BCUT2D eigenvalue weighted by Gasteiger charge is 2.33. The largest absolute Gasteiger partial charge is 0.469 e. The molecule has 1 N–H and O–H groups in total. The molecule has 1 atom stereocenters. The third-order valence-corrected chi connectivity index (χ3v) is 6.29. The summed E-state index contributed by atoms with van der Waals surface area (Å²) in [7, 11) is -2.43. The van der Waals surface area contributed by atoms with Gasteiger partial charge in [0.1, 0.15) is 0 Å². The molecule has 9 heteroatoms. The molecule has 0 unspecified atom stereocenters. The van der Waals surface area contributed by atoms with Crippen molar-refractivity contribution in [2.24, 2.45) is 5.92 Å². The van der Waals surface area contributed by atoms with Crippen molar-refractivity contribution in [1.29, 1.82) is 0 Å². The second-order valence-corrected chi connectivity index (χ2v) is 8.12. The maximum Gasteiger partial charge on any atom is 0.309 e. The van der Waals surface area contributed by atoms with Crippen LogP contribution < -0.4 is 5.32 Å². The van der Waals surface area contributed by atoms with Crippen LogP contribution in [0.3, 0.4) is 0 Å². The van der Waals surface area contributed by atoms with Crippen molar-refractivity contribution < 1.29 is 27.2 Å². The summed E-state index contributed by atoms with van der Waals surface area (Å²) in [5, 5.41) is 2.63. The second-order valence-electron chi connectivity index (χ2n) is 6.18. The predicted molar refractivity (Wildman–Crippen MR) is 96.6 cm³/mol. The predicted octanol–water partition coefficient (Wildman–Crippen LogP) is 2.11. The summed E-state index contributed by atoms with van der Waals surface area (Å²) < 4.78 is 36.7. The Morgan fingerprint density at radius 2 is 1.96 bits per heavy atom. The van der Waals surface area contributed by atoms with E-state index in [9.17, 15) is 18.0 Å². The van der Waals surface area contributed by atoms with Crippen molar-refractivity contribution in [1.82, 2.24) is 4.31 Å². The number of hydrogen-bond acceptors (Lipinski definition) is 6. The first-order valence-corrected chi connectivity index (χ1v) is 9.88. The van der Waals surface area contributed by atoms with E-state index in [0.717, 1.165) is 0 Å². The van der Waals surface area contributed by atoms with Crippen LogP contribution >= 0.6 is 0 Å². The van der Waals surface area contributed by atoms with Crippen molar-refractivity contribution in [3.8, 4) is 0 Å². The first kappa shape index (κ1) is 19.1. The van der Waals surface area contributed by atoms with Crippen LogP contribution in [0.25, 0.3) is 0 Å². The lowest BCUT2D eigenvalue weighted by Gasteiger charge is -2.30. The minimum atomic E-state index is -3.73. The van der Waals surface area contributed by atoms with Crippen LogP contribution in [0.1, 0.15) is 23.4 Å². The Labute approximate surface area is 157 Å². The molecule has 3 rings (SSSR count). The summed E-state index contributed by atoms with van der Waals surface area (Å²) in [4.78, 5) is 23.8. The fourth-order valence-corrected chi connectivity index (χ4v) is 4.50. The van der Waals surface area contributed by atoms with Gasteiger partial charge in [-0.25, -0.2) is 8.42 Å². The number of sulfonamides is 1. The van der Waals surface area contributed by atoms with Crippen molar-refractivity contribution in [2.45, 2.75) is 17.7 Å². The fourth-order valence-electron chi connectivity index (χ4n) is 2.98. The molecule has 1 aromatic carbocycles. The normalized spacial score (nSPS) is 18.0. The average molecular weight is 392 g/mol. The maximum atomic E-state index is 12.8. The Hall–Kier alpha value is -2.65. The van der Waals surface area contributed by atoms with E-state index >= 15 is 0 Å². The number of rotatable bonds is 5. The molecule has 1 fully saturated rings. The number of piperidine rings is 1. The van der Waals surface area contributed by atoms with Crippen LogP contribution in [-0.2, 0) is 19.6 Å². The molecule has 2 aromatic rings. The van der Waals surface area contributed by atoms with E-state index in [1.807, 2.05) is 0 Å². The van der Waals surface area contributed by atoms with E-state index in [1.54, 1.807) is 6.07 Å². The number of nitrogens with one attached hydrogen (secondary N) is 1. The second kappa shape index (κ2) is 7.93. The molecule has 0 radical (unpaired) electrons. The Bertz CT molecular complexity index is 906. The van der Waals surface area contributed by atoms with E-state index in [2.05, 4.69) is 5.32 Å². The number of ether oxygens (including phenoxy) is 1. The number of esters is 1. The zero-order valence-corrected chi connectivity index (χ0v) is 15.6. The van der Waals surface area contributed by atoms with Gasteiger partial charge in [0.15, 0.2) is 5.76 Å². The number of carbonyl (C=O) groups excluding carboxylic acids is 2. The van der Waals surface area contributed by atoms with Crippen molar-refractivity contribution in [3.63, 3.8) is 0 Å². The van der Waals surface area contributed by atoms with E-state index in [-0.39, 0.29) is 17.2 Å². The number of furan rings is 1. The van der Waals surface area contributed by atoms with Gasteiger partial charge < -0.3 is 14.5 Å². The van der Waals surface area contributed by atoms with E-state index < -0.39 is 27.8 Å². The molecule has 0 aliphatic carbocycles. The summed E-state index contributed by atoms with van der Waals surface area (Å²) in [5.41, 5.74) is 0.446. The number of benzene rings is 1. The van der Waals surface area contributed by atoms with Gasteiger partial charge in [0.05, 0.1) is 24.2 Å². The smallest absolute Gasteiger partial charge is 0.309 e. The number of carbonyl (C=O) groups is 2. The molecule has 1 aromatic heterocycles. The summed E-state index contributed by atoms with van der Waals surface area (Å²) in [6, 6.07) is 9.00. The van der Waals surface area contributed by atoms with Gasteiger partial charge in [0.25, 0.3) is 5.91 Å². The van der Waals surface area contributed by atoms with Crippen molar-refractivity contribution >= 4 is 27.6 Å². The molecule has 1 aliphatic heterocycles. The lowest BCUT2D eigenvalue weighted by atomic mass is 10.0. The number of anilines is 1. The standard InChI is InChI=1S/C18H20N2O6S/c1-25-18(22)13-4-2-10-20(12-13)27(23,24)15-8-6-14(7-9-15)19-17(21)16-5-3-11-26-16/h3,5-9,11,13H,2,4,10,12H2,1H3,(H,19,21)/t13-/m1/s1. The summed E-state index contributed by atoms with van der Waals surface area (Å²) in [5.74, 6) is -1.11. The molecular weight excluding hydrogens is 372 g/mol. The molecule has 27 heavy (non-hydrogen) atoms. The zero-order chi connectivity index (χ0) is 19.4. The molecule has 8 nitrogen and oxygen atoms in total. The Morgan fingerprint density at radius 1 is 1.22 bits per heavy atom. The minimum Gasteiger partial charge on any atom is -0.469 e. The number of hydrogen-bond donors (Lipinski definition) is 1. The van der Waals surface area contributed by atoms with Crippen LogP contribution in [0.15, 0.2) is 52.0 Å². The highest BCUT2D eigenvalue weighted by Crippen LogP contribution is 2.25. The van der Waals surface area contributed by atoms with Gasteiger partial charge in [0, 0.05) is 18.8 Å². The third kappa shape index (κ3) is 4.20. The zero-order valence-electron chi connectivity index (χ0n) is 14.8. The van der Waals surface area contributed by atoms with E-state index in [0.29, 0.717) is 25.1 Å². The fraction of sp³-hybridized carbons (Fsp3) is 0.333. The molecule has 1 amide bonds. The van der Waals surface area contributed by atoms with E-state index in [1.165, 1.54) is 48.0 Å². The topological polar surface area (TPSA) is 106 Å². The summed E-state index contributed by atoms with van der Waals surface area (Å²) in [6.07, 6.45) is 2.59. The Balaban J connectivity index is 1.71. The Morgan fingerprint density at radius 3 is 2.59 bits per heavy atom. The van der Waals surface area contributed by atoms with Gasteiger partial charge in [-0.15, -0.1) is 0 Å². The van der Waals surface area contributed by atoms with Crippen LogP contribution in [-0.4, -0.2) is 44.8 Å². The SMILES string of the molecule is COC(=O)[C@@H]1CCCN(S(=O)(=O)c2ccc(NC(=O)c3ccco3)cc2)C1. The first-order valence-electron chi connectivity index (χ1n) is 8.44.